The van der Waals surface area contributed by atoms with Crippen molar-refractivity contribution in [2.45, 2.75) is 0 Å². The Morgan fingerprint density at radius 3 is 2.28 bits per heavy atom. The topological polar surface area (TPSA) is 109 Å². The van der Waals surface area contributed by atoms with Gasteiger partial charge >= 0.3 is 5.97 Å². The van der Waals surface area contributed by atoms with Gasteiger partial charge < -0.3 is 19.9 Å². The number of carbonyl (C=O) groups is 3. The second kappa shape index (κ2) is 7.91. The molecule has 25 heavy (non-hydrogen) atoms. The Hall–Kier alpha value is -3.42. The van der Waals surface area contributed by atoms with E-state index in [1.54, 1.807) is 12.1 Å². The minimum absolute atomic E-state index is 0.170. The molecule has 2 N–H and O–H groups in total. The van der Waals surface area contributed by atoms with Crippen molar-refractivity contribution in [3.63, 3.8) is 0 Å². The van der Waals surface area contributed by atoms with Gasteiger partial charge in [0.25, 0.3) is 5.91 Å². The van der Waals surface area contributed by atoms with E-state index < -0.39 is 17.8 Å². The third kappa shape index (κ3) is 4.77. The minimum Gasteiger partial charge on any atom is -0.465 e. The maximum Gasteiger partial charge on any atom is 0.337 e. The van der Waals surface area contributed by atoms with Gasteiger partial charge in [-0.1, -0.05) is 0 Å². The van der Waals surface area contributed by atoms with Crippen LogP contribution < -0.4 is 10.9 Å². The van der Waals surface area contributed by atoms with E-state index in [0.717, 1.165) is 0 Å². The number of nitrogens with one attached hydrogen (secondary N) is 2. The van der Waals surface area contributed by atoms with Gasteiger partial charge in [-0.3, -0.25) is 14.4 Å². The van der Waals surface area contributed by atoms with Gasteiger partial charge in [0, 0.05) is 25.0 Å². The Morgan fingerprint density at radius 2 is 1.72 bits per heavy atom. The number of methoxy groups -OCH3 is 1. The number of amides is 2. The number of esters is 1. The molecule has 0 radical (unpaired) electrons. The molecule has 2 rings (SSSR count). The smallest absolute Gasteiger partial charge is 0.337 e. The summed E-state index contributed by atoms with van der Waals surface area (Å²) in [6, 6.07) is 8.81. The van der Waals surface area contributed by atoms with Crippen LogP contribution in [0.1, 0.15) is 20.7 Å². The van der Waals surface area contributed by atoms with Crippen molar-refractivity contribution in [1.29, 1.82) is 0 Å². The second-order valence-electron chi connectivity index (χ2n) is 5.22. The molecule has 0 fully saturated rings. The zero-order chi connectivity index (χ0) is 18.4. The lowest BCUT2D eigenvalue weighted by molar-refractivity contribution is -0.116. The molecule has 2 amide bonds. The molecular formula is C17H17N3O5. The number of nitrogens with zero attached hydrogens (tertiary/aromatic N) is 1. The average molecular weight is 343 g/mol. The van der Waals surface area contributed by atoms with Crippen molar-refractivity contribution in [1.82, 2.24) is 9.88 Å². The van der Waals surface area contributed by atoms with E-state index >= 15 is 0 Å². The van der Waals surface area contributed by atoms with Gasteiger partial charge in [0.2, 0.25) is 11.5 Å². The van der Waals surface area contributed by atoms with Crippen molar-refractivity contribution < 1.29 is 19.1 Å². The maximum absolute atomic E-state index is 12.2. The lowest BCUT2D eigenvalue weighted by atomic mass is 10.2. The number of hydrogen-bond donors (Lipinski definition) is 2. The Balaban J connectivity index is 1.94. The van der Waals surface area contributed by atoms with Crippen molar-refractivity contribution in [2.24, 2.45) is 0 Å². The van der Waals surface area contributed by atoms with Crippen molar-refractivity contribution in [3.05, 3.63) is 64.1 Å². The molecule has 1 aromatic carbocycles. The van der Waals surface area contributed by atoms with Crippen LogP contribution in [0.5, 0.6) is 0 Å². The number of likely N-dealkylation sites (N-methyl/N-ethyl adjacent to an activating group) is 1. The number of aromatic amines is 1. The van der Waals surface area contributed by atoms with Gasteiger partial charge in [0.1, 0.15) is 0 Å². The molecule has 0 unspecified atom stereocenters. The lowest BCUT2D eigenvalue weighted by Crippen LogP contribution is -2.35. The molecule has 2 aromatic rings. The molecule has 0 aliphatic rings. The third-order valence-corrected chi connectivity index (χ3v) is 3.35. The summed E-state index contributed by atoms with van der Waals surface area (Å²) in [5, 5.41) is 2.63. The number of aromatic nitrogens is 1. The molecule has 0 saturated carbocycles. The number of H-pyrrole nitrogens is 1. The summed E-state index contributed by atoms with van der Waals surface area (Å²) >= 11 is 0. The van der Waals surface area contributed by atoms with Gasteiger partial charge in [-0.15, -0.1) is 0 Å². The molecule has 0 saturated heterocycles. The van der Waals surface area contributed by atoms with Crippen LogP contribution in [-0.4, -0.2) is 48.4 Å². The highest BCUT2D eigenvalue weighted by atomic mass is 16.5. The maximum atomic E-state index is 12.2. The molecule has 1 aromatic heterocycles. The fraction of sp³-hybridized carbons (Fsp3) is 0.176. The van der Waals surface area contributed by atoms with Crippen LogP contribution in [0.4, 0.5) is 5.69 Å². The van der Waals surface area contributed by atoms with Crippen molar-refractivity contribution in [2.75, 3.05) is 26.0 Å². The fourth-order valence-electron chi connectivity index (χ4n) is 2.06. The van der Waals surface area contributed by atoms with E-state index in [1.807, 2.05) is 0 Å². The zero-order valence-corrected chi connectivity index (χ0v) is 13.7. The summed E-state index contributed by atoms with van der Waals surface area (Å²) in [5.41, 5.74) is 0.818. The van der Waals surface area contributed by atoms with Crippen LogP contribution in [0, 0.1) is 0 Å². The number of pyridine rings is 1. The monoisotopic (exact) mass is 343 g/mol. The molecule has 8 nitrogen and oxygen atoms in total. The first-order valence-electron chi connectivity index (χ1n) is 7.33. The Morgan fingerprint density at radius 1 is 1.08 bits per heavy atom. The first-order valence-corrected chi connectivity index (χ1v) is 7.33. The number of ether oxygens (including phenoxy) is 1. The molecular weight excluding hydrogens is 326 g/mol. The zero-order valence-electron chi connectivity index (χ0n) is 13.7. The highest BCUT2D eigenvalue weighted by Crippen LogP contribution is 2.10. The highest BCUT2D eigenvalue weighted by molar-refractivity contribution is 5.99. The number of hydrogen-bond acceptors (Lipinski definition) is 5. The van der Waals surface area contributed by atoms with E-state index in [-0.39, 0.29) is 17.7 Å². The quantitative estimate of drug-likeness (QED) is 0.783. The van der Waals surface area contributed by atoms with E-state index in [9.17, 15) is 19.2 Å². The highest BCUT2D eigenvalue weighted by Gasteiger charge is 2.15. The molecule has 8 heteroatoms. The summed E-state index contributed by atoms with van der Waals surface area (Å²) in [4.78, 5) is 50.2. The predicted molar refractivity (Wildman–Crippen MR) is 90.4 cm³/mol. The molecule has 130 valence electrons. The first-order chi connectivity index (χ1) is 11.9. The minimum atomic E-state index is -0.468. The number of anilines is 1. The van der Waals surface area contributed by atoms with Gasteiger partial charge in [0.15, 0.2) is 0 Å². The summed E-state index contributed by atoms with van der Waals surface area (Å²) < 4.78 is 4.59. The van der Waals surface area contributed by atoms with Crippen LogP contribution in [0.25, 0.3) is 0 Å². The Kier molecular flexibility index (Phi) is 5.67. The molecule has 1 heterocycles. The molecule has 0 aliphatic heterocycles. The Labute approximate surface area is 143 Å². The van der Waals surface area contributed by atoms with E-state index in [4.69, 9.17) is 0 Å². The van der Waals surface area contributed by atoms with Crippen LogP contribution in [0.3, 0.4) is 0 Å². The van der Waals surface area contributed by atoms with Crippen LogP contribution >= 0.6 is 0 Å². The van der Waals surface area contributed by atoms with Crippen LogP contribution in [0.2, 0.25) is 0 Å². The normalized spacial score (nSPS) is 10.0. The third-order valence-electron chi connectivity index (χ3n) is 3.35. The summed E-state index contributed by atoms with van der Waals surface area (Å²) in [7, 11) is 2.76. The number of carbonyl (C=O) groups excluding carboxylic acids is 3. The number of rotatable bonds is 5. The fourth-order valence-corrected chi connectivity index (χ4v) is 2.06. The molecule has 0 spiro atoms. The van der Waals surface area contributed by atoms with E-state index in [2.05, 4.69) is 15.0 Å². The standard InChI is InChI=1S/C17H17N3O5/c1-20(16(23)12-5-8-14(21)18-9-12)10-15(22)19-13-6-3-11(4-7-13)17(24)25-2/h3-9H,10H2,1-2H3,(H,18,21)(H,19,22). The van der Waals surface area contributed by atoms with Gasteiger partial charge in [0.05, 0.1) is 24.8 Å². The van der Waals surface area contributed by atoms with Crippen LogP contribution in [0.15, 0.2) is 47.4 Å². The summed E-state index contributed by atoms with van der Waals surface area (Å²) in [6.45, 7) is -0.170. The van der Waals surface area contributed by atoms with Gasteiger partial charge in [-0.25, -0.2) is 4.79 Å². The van der Waals surface area contributed by atoms with Crippen LogP contribution in [-0.2, 0) is 9.53 Å². The summed E-state index contributed by atoms with van der Waals surface area (Å²) in [5.74, 6) is -1.26. The second-order valence-corrected chi connectivity index (χ2v) is 5.22. The molecule has 0 atom stereocenters. The van der Waals surface area contributed by atoms with Gasteiger partial charge in [-0.05, 0) is 30.3 Å². The Bertz CT molecular complexity index is 822. The predicted octanol–water partition coefficient (Wildman–Crippen LogP) is 0.872. The van der Waals surface area contributed by atoms with E-state index in [0.29, 0.717) is 11.3 Å². The SMILES string of the molecule is COC(=O)c1ccc(NC(=O)CN(C)C(=O)c2ccc(=O)[nH]c2)cc1. The summed E-state index contributed by atoms with van der Waals surface area (Å²) in [6.07, 6.45) is 1.30. The van der Waals surface area contributed by atoms with Crippen molar-refractivity contribution >= 4 is 23.5 Å². The average Bonchev–Trinajstić information content (AvgIpc) is 2.61. The van der Waals surface area contributed by atoms with Crippen molar-refractivity contribution in [3.8, 4) is 0 Å². The molecule has 0 aliphatic carbocycles. The number of benzene rings is 1. The van der Waals surface area contributed by atoms with E-state index in [1.165, 1.54) is 49.5 Å². The van der Waals surface area contributed by atoms with Gasteiger partial charge in [-0.2, -0.15) is 0 Å². The largest absolute Gasteiger partial charge is 0.465 e. The molecule has 0 bridgehead atoms. The lowest BCUT2D eigenvalue weighted by Gasteiger charge is -2.16. The first kappa shape index (κ1) is 17.9.